The van der Waals surface area contributed by atoms with Crippen LogP contribution in [0.4, 0.5) is 13.2 Å². The fraction of sp³-hybridized carbons (Fsp3) is 0.556. The highest BCUT2D eigenvalue weighted by Crippen LogP contribution is 2.39. The molecule has 27 heavy (non-hydrogen) atoms. The fourth-order valence-corrected chi connectivity index (χ4v) is 5.44. The highest BCUT2D eigenvalue weighted by molar-refractivity contribution is 7.92. The van der Waals surface area contributed by atoms with Crippen LogP contribution in [-0.4, -0.2) is 58.1 Å². The van der Waals surface area contributed by atoms with Gasteiger partial charge in [0, 0.05) is 13.7 Å². The van der Waals surface area contributed by atoms with Gasteiger partial charge >= 0.3 is 6.18 Å². The van der Waals surface area contributed by atoms with Crippen molar-refractivity contribution in [3.8, 4) is 0 Å². The zero-order valence-corrected chi connectivity index (χ0v) is 16.6. The van der Waals surface area contributed by atoms with Crippen molar-refractivity contribution in [3.63, 3.8) is 0 Å². The van der Waals surface area contributed by atoms with Crippen LogP contribution in [-0.2, 0) is 14.6 Å². The second-order valence-electron chi connectivity index (χ2n) is 6.51. The number of alkyl halides is 3. The zero-order chi connectivity index (χ0) is 20.2. The number of nitrogens with zero attached hydrogens (tertiary/aromatic N) is 1. The molecule has 0 aromatic heterocycles. The van der Waals surface area contributed by atoms with Gasteiger partial charge in [0.15, 0.2) is 15.1 Å². The Morgan fingerprint density at radius 2 is 2.00 bits per heavy atom. The summed E-state index contributed by atoms with van der Waals surface area (Å²) in [6, 6.07) is 4.26. The lowest BCUT2D eigenvalue weighted by Gasteiger charge is -2.32. The van der Waals surface area contributed by atoms with Gasteiger partial charge in [-0.05, 0) is 43.5 Å². The van der Waals surface area contributed by atoms with E-state index in [0.717, 1.165) is 38.5 Å². The highest BCUT2D eigenvalue weighted by Gasteiger charge is 2.48. The molecule has 1 saturated heterocycles. The number of benzene rings is 1. The Morgan fingerprint density at radius 3 is 2.52 bits per heavy atom. The molecule has 4 nitrogen and oxygen atoms in total. The fourth-order valence-electron chi connectivity index (χ4n) is 3.32. The lowest BCUT2D eigenvalue weighted by molar-refractivity contribution is -0.121. The maximum Gasteiger partial charge on any atom is 0.409 e. The predicted octanol–water partition coefficient (Wildman–Crippen LogP) is 4.06. The van der Waals surface area contributed by atoms with Crippen LogP contribution in [0.5, 0.6) is 0 Å². The highest BCUT2D eigenvalue weighted by atomic mass is 35.5. The number of rotatable bonds is 7. The van der Waals surface area contributed by atoms with Crippen LogP contribution in [0.2, 0.25) is 5.02 Å². The van der Waals surface area contributed by atoms with Gasteiger partial charge < -0.3 is 9.64 Å². The van der Waals surface area contributed by atoms with Crippen LogP contribution >= 0.6 is 11.6 Å². The summed E-state index contributed by atoms with van der Waals surface area (Å²) in [5, 5.41) is -2.81. The average Bonchev–Trinajstić information content (AvgIpc) is 2.59. The van der Waals surface area contributed by atoms with E-state index in [-0.39, 0.29) is 10.9 Å². The van der Waals surface area contributed by atoms with Crippen molar-refractivity contribution in [1.29, 1.82) is 0 Å². The lowest BCUT2D eigenvalue weighted by atomic mass is 9.89. The minimum absolute atomic E-state index is 0.000451. The van der Waals surface area contributed by atoms with Gasteiger partial charge in [-0.25, -0.2) is 8.42 Å². The summed E-state index contributed by atoms with van der Waals surface area (Å²) >= 11 is 6.28. The molecule has 0 amide bonds. The number of hydrogen-bond acceptors (Lipinski definition) is 4. The molecule has 1 aromatic carbocycles. The van der Waals surface area contributed by atoms with Crippen molar-refractivity contribution in [3.05, 3.63) is 41.4 Å². The second kappa shape index (κ2) is 8.94. The van der Waals surface area contributed by atoms with E-state index in [0.29, 0.717) is 18.2 Å². The number of sulfone groups is 1. The van der Waals surface area contributed by atoms with Crippen LogP contribution < -0.4 is 0 Å². The standard InChI is InChI=1S/C18H23ClF3NO3S/c1-3-16(18(20,21)22)27(24,25)15-6-4-5-14(17(15)19)13-7-9-23(10-8-13)11-12-26-2/h3-6,13,16H,1,7-12H2,2H3. The summed E-state index contributed by atoms with van der Waals surface area (Å²) in [6.45, 7) is 6.05. The molecule has 9 heteroatoms. The molecule has 1 atom stereocenters. The third-order valence-corrected chi connectivity index (χ3v) is 7.43. The Labute approximate surface area is 162 Å². The summed E-state index contributed by atoms with van der Waals surface area (Å²) < 4.78 is 69.5. The smallest absolute Gasteiger partial charge is 0.383 e. The van der Waals surface area contributed by atoms with Gasteiger partial charge in [0.05, 0.1) is 16.5 Å². The van der Waals surface area contributed by atoms with E-state index >= 15 is 0 Å². The number of methoxy groups -OCH3 is 1. The third-order valence-electron chi connectivity index (χ3n) is 4.81. The van der Waals surface area contributed by atoms with Crippen LogP contribution in [0.1, 0.15) is 24.3 Å². The third kappa shape index (κ3) is 5.04. The molecule has 0 N–H and O–H groups in total. The molecule has 1 aliphatic rings. The van der Waals surface area contributed by atoms with E-state index < -0.39 is 26.2 Å². The monoisotopic (exact) mass is 425 g/mol. The molecular formula is C18H23ClF3NO3S. The Morgan fingerprint density at radius 1 is 1.37 bits per heavy atom. The summed E-state index contributed by atoms with van der Waals surface area (Å²) in [6.07, 6.45) is -3.06. The molecule has 0 saturated carbocycles. The first kappa shape index (κ1) is 22.2. The van der Waals surface area contributed by atoms with Gasteiger partial charge in [0.2, 0.25) is 0 Å². The van der Waals surface area contributed by atoms with Crippen LogP contribution in [0.3, 0.4) is 0 Å². The molecule has 0 spiro atoms. The van der Waals surface area contributed by atoms with Gasteiger partial charge in [0.1, 0.15) is 0 Å². The summed E-state index contributed by atoms with van der Waals surface area (Å²) in [7, 11) is -3.09. The first-order valence-corrected chi connectivity index (χ1v) is 10.5. The summed E-state index contributed by atoms with van der Waals surface area (Å²) in [4.78, 5) is 1.73. The van der Waals surface area contributed by atoms with E-state index in [4.69, 9.17) is 16.3 Å². The number of ether oxygens (including phenoxy) is 1. The maximum absolute atomic E-state index is 13.1. The molecule has 1 heterocycles. The summed E-state index contributed by atoms with van der Waals surface area (Å²) in [5.74, 6) is -0.000451. The van der Waals surface area contributed by atoms with E-state index in [2.05, 4.69) is 11.5 Å². The lowest BCUT2D eigenvalue weighted by Crippen LogP contribution is -2.36. The quantitative estimate of drug-likeness (QED) is 0.618. The Hall–Kier alpha value is -1.09. The van der Waals surface area contributed by atoms with Crippen LogP contribution in [0.15, 0.2) is 35.7 Å². The van der Waals surface area contributed by atoms with Gasteiger partial charge in [-0.15, -0.1) is 6.58 Å². The average molecular weight is 426 g/mol. The van der Waals surface area contributed by atoms with Crippen molar-refractivity contribution in [2.24, 2.45) is 0 Å². The van der Waals surface area contributed by atoms with Crippen LogP contribution in [0, 0.1) is 0 Å². The number of likely N-dealkylation sites (tertiary alicyclic amines) is 1. The molecular weight excluding hydrogens is 403 g/mol. The Balaban J connectivity index is 2.28. The molecule has 152 valence electrons. The number of halogens is 4. The largest absolute Gasteiger partial charge is 0.409 e. The first-order valence-electron chi connectivity index (χ1n) is 8.55. The van der Waals surface area contributed by atoms with E-state index in [1.54, 1.807) is 13.2 Å². The van der Waals surface area contributed by atoms with Gasteiger partial charge in [-0.1, -0.05) is 29.8 Å². The van der Waals surface area contributed by atoms with Crippen molar-refractivity contribution >= 4 is 21.4 Å². The zero-order valence-electron chi connectivity index (χ0n) is 15.0. The Bertz CT molecular complexity index is 760. The normalized spacial score (nSPS) is 18.4. The van der Waals surface area contributed by atoms with Crippen molar-refractivity contribution in [2.75, 3.05) is 33.4 Å². The van der Waals surface area contributed by atoms with Crippen molar-refractivity contribution in [1.82, 2.24) is 4.90 Å². The van der Waals surface area contributed by atoms with E-state index in [1.165, 1.54) is 6.07 Å². The van der Waals surface area contributed by atoms with Crippen molar-refractivity contribution < 1.29 is 26.3 Å². The predicted molar refractivity (Wildman–Crippen MR) is 99.0 cm³/mol. The minimum atomic E-state index is -4.95. The molecule has 1 fully saturated rings. The van der Waals surface area contributed by atoms with Crippen molar-refractivity contribution in [2.45, 2.75) is 35.1 Å². The van der Waals surface area contributed by atoms with Gasteiger partial charge in [-0.2, -0.15) is 13.2 Å². The second-order valence-corrected chi connectivity index (χ2v) is 8.93. The molecule has 2 rings (SSSR count). The molecule has 0 bridgehead atoms. The van der Waals surface area contributed by atoms with Crippen LogP contribution in [0.25, 0.3) is 0 Å². The molecule has 1 unspecified atom stereocenters. The molecule has 1 aromatic rings. The minimum Gasteiger partial charge on any atom is -0.383 e. The Kier molecular flexibility index (Phi) is 7.35. The first-order chi connectivity index (χ1) is 12.6. The van der Waals surface area contributed by atoms with E-state index in [9.17, 15) is 21.6 Å². The molecule has 1 aliphatic heterocycles. The number of piperidine rings is 1. The molecule has 0 aliphatic carbocycles. The summed E-state index contributed by atoms with van der Waals surface area (Å²) in [5.41, 5.74) is 0.578. The topological polar surface area (TPSA) is 46.6 Å². The van der Waals surface area contributed by atoms with Gasteiger partial charge in [-0.3, -0.25) is 0 Å². The van der Waals surface area contributed by atoms with E-state index in [1.807, 2.05) is 0 Å². The number of hydrogen-bond donors (Lipinski definition) is 0. The molecule has 0 radical (unpaired) electrons. The van der Waals surface area contributed by atoms with Gasteiger partial charge in [0.25, 0.3) is 0 Å². The maximum atomic E-state index is 13.1. The SMILES string of the molecule is C=CC(C(F)(F)F)S(=O)(=O)c1cccc(C2CCN(CCOC)CC2)c1Cl.